The molecule has 0 aliphatic carbocycles. The summed E-state index contributed by atoms with van der Waals surface area (Å²) < 4.78 is 0. The van der Waals surface area contributed by atoms with Gasteiger partial charge in [-0.2, -0.15) is 0 Å². The van der Waals surface area contributed by atoms with E-state index in [4.69, 9.17) is 0 Å². The molecule has 1 unspecified atom stereocenters. The van der Waals surface area contributed by atoms with Gasteiger partial charge >= 0.3 is 23.9 Å². The molecule has 4 heteroatoms. The zero-order valence-electron chi connectivity index (χ0n) is 7.60. The van der Waals surface area contributed by atoms with Gasteiger partial charge in [0.15, 0.2) is 0 Å². The van der Waals surface area contributed by atoms with Crippen molar-refractivity contribution in [3.05, 3.63) is 0 Å². The number of aliphatic carboxylic acids is 1. The first kappa shape index (κ1) is 18.4. The fourth-order valence-corrected chi connectivity index (χ4v) is 0.939. The van der Waals surface area contributed by atoms with E-state index in [9.17, 15) is 9.90 Å². The van der Waals surface area contributed by atoms with Gasteiger partial charge in [0.2, 0.25) is 0 Å². The van der Waals surface area contributed by atoms with Crippen LogP contribution in [0.25, 0.3) is 0 Å². The van der Waals surface area contributed by atoms with E-state index >= 15 is 0 Å². The van der Waals surface area contributed by atoms with Crippen LogP contribution in [0.2, 0.25) is 0 Å². The molecular weight excluding hydrogens is 282 g/mol. The van der Waals surface area contributed by atoms with Gasteiger partial charge < -0.3 is 22.3 Å². The molecular formula is C8H15ClO2Sn. The van der Waals surface area contributed by atoms with Crippen LogP contribution < -0.4 is 17.5 Å². The smallest absolute Gasteiger partial charge is 1.00 e. The normalized spacial score (nSPS) is 10.8. The summed E-state index contributed by atoms with van der Waals surface area (Å²) >= 11 is 0. The van der Waals surface area contributed by atoms with Crippen molar-refractivity contribution in [1.82, 2.24) is 0 Å². The van der Waals surface area contributed by atoms with E-state index in [-0.39, 0.29) is 42.2 Å². The molecule has 1 atom stereocenters. The number of rotatable bonds is 5. The number of halogens is 1. The Kier molecular flexibility index (Phi) is 17.7. The van der Waals surface area contributed by atoms with Crippen molar-refractivity contribution in [3.63, 3.8) is 0 Å². The summed E-state index contributed by atoms with van der Waals surface area (Å²) in [4.78, 5) is 10.3. The molecule has 0 aliphatic rings. The van der Waals surface area contributed by atoms with Gasteiger partial charge in [0.05, 0.1) is 0 Å². The van der Waals surface area contributed by atoms with Gasteiger partial charge in [-0.1, -0.05) is 26.7 Å². The van der Waals surface area contributed by atoms with Crippen LogP contribution >= 0.6 is 0 Å². The Morgan fingerprint density at radius 1 is 1.42 bits per heavy atom. The molecule has 0 aromatic heterocycles. The van der Waals surface area contributed by atoms with Crippen molar-refractivity contribution >= 4 is 29.9 Å². The quantitative estimate of drug-likeness (QED) is 0.530. The van der Waals surface area contributed by atoms with Gasteiger partial charge in [-0.05, 0) is 18.8 Å². The van der Waals surface area contributed by atoms with Crippen molar-refractivity contribution in [2.75, 3.05) is 0 Å². The number of carboxylic acid groups (broad SMARTS) is 1. The topological polar surface area (TPSA) is 40.1 Å². The molecule has 0 amide bonds. The van der Waals surface area contributed by atoms with Gasteiger partial charge in [0, 0.05) is 5.97 Å². The number of carbonyl (C=O) groups is 1. The van der Waals surface area contributed by atoms with Crippen LogP contribution in [0.15, 0.2) is 0 Å². The summed E-state index contributed by atoms with van der Waals surface area (Å²) in [6.07, 6.45) is 3.52. The Hall–Kier alpha value is 0.559. The van der Waals surface area contributed by atoms with Crippen molar-refractivity contribution in [3.8, 4) is 0 Å². The third-order valence-electron chi connectivity index (χ3n) is 1.73. The summed E-state index contributed by atoms with van der Waals surface area (Å²) in [7, 11) is 0. The van der Waals surface area contributed by atoms with Crippen molar-refractivity contribution in [1.29, 1.82) is 0 Å². The first-order chi connectivity index (χ1) is 4.72. The van der Waals surface area contributed by atoms with E-state index in [2.05, 4.69) is 6.92 Å². The van der Waals surface area contributed by atoms with Crippen LogP contribution in [-0.4, -0.2) is 29.9 Å². The molecule has 0 bridgehead atoms. The predicted molar refractivity (Wildman–Crippen MR) is 44.1 cm³/mol. The fourth-order valence-electron chi connectivity index (χ4n) is 0.939. The molecule has 12 heavy (non-hydrogen) atoms. The van der Waals surface area contributed by atoms with E-state index in [1.54, 1.807) is 0 Å². The Morgan fingerprint density at radius 2 is 1.92 bits per heavy atom. The molecule has 70 valence electrons. The van der Waals surface area contributed by atoms with Gasteiger partial charge in [-0.25, -0.2) is 0 Å². The minimum Gasteiger partial charge on any atom is -1.00 e. The molecule has 0 aliphatic heterocycles. The van der Waals surface area contributed by atoms with E-state index in [0.717, 1.165) is 19.3 Å². The molecule has 0 rings (SSSR count). The Morgan fingerprint density at radius 3 is 2.17 bits per heavy atom. The number of unbranched alkanes of at least 4 members (excludes halogenated alkanes) is 1. The van der Waals surface area contributed by atoms with E-state index in [0.29, 0.717) is 6.42 Å². The van der Waals surface area contributed by atoms with Crippen LogP contribution in [-0.2, 0) is 4.79 Å². The molecule has 2 nitrogen and oxygen atoms in total. The van der Waals surface area contributed by atoms with Crippen LogP contribution in [0, 0.1) is 5.92 Å². The SMILES string of the molecule is CCCCC(CC)C(=O)[O-].[Cl-].[Sn+2]. The molecule has 0 aromatic rings. The standard InChI is InChI=1S/C8H16O2.ClH.Sn/c1-3-5-6-7(4-2)8(9)10;;/h7H,3-6H2,1-2H3,(H,9,10);1H;/q;;+2/p-2. The molecule has 0 heterocycles. The summed E-state index contributed by atoms with van der Waals surface area (Å²) in [6, 6.07) is 0. The van der Waals surface area contributed by atoms with Gasteiger partial charge in [-0.15, -0.1) is 0 Å². The maximum absolute atomic E-state index is 10.3. The summed E-state index contributed by atoms with van der Waals surface area (Å²) in [5, 5.41) is 10.3. The molecule has 2 radical (unpaired) electrons. The second-order valence-electron chi connectivity index (χ2n) is 2.57. The molecule has 0 aromatic carbocycles. The molecule has 0 N–H and O–H groups in total. The summed E-state index contributed by atoms with van der Waals surface area (Å²) in [5.41, 5.74) is 0. The van der Waals surface area contributed by atoms with Crippen LogP contribution in [0.5, 0.6) is 0 Å². The molecule has 0 saturated heterocycles. The number of hydrogen-bond donors (Lipinski definition) is 0. The van der Waals surface area contributed by atoms with Gasteiger partial charge in [0.1, 0.15) is 0 Å². The Bertz CT molecular complexity index is 109. The third kappa shape index (κ3) is 8.65. The molecule has 0 spiro atoms. The zero-order chi connectivity index (χ0) is 7.98. The summed E-state index contributed by atoms with van der Waals surface area (Å²) in [5.74, 6) is -1.11. The first-order valence-corrected chi connectivity index (χ1v) is 3.93. The first-order valence-electron chi connectivity index (χ1n) is 3.93. The number of hydrogen-bond acceptors (Lipinski definition) is 2. The molecule has 0 saturated carbocycles. The van der Waals surface area contributed by atoms with Crippen LogP contribution in [0.1, 0.15) is 39.5 Å². The van der Waals surface area contributed by atoms with Crippen LogP contribution in [0.4, 0.5) is 0 Å². The van der Waals surface area contributed by atoms with Crippen molar-refractivity contribution in [2.45, 2.75) is 39.5 Å². The van der Waals surface area contributed by atoms with E-state index < -0.39 is 5.97 Å². The predicted octanol–water partition coefficient (Wildman–Crippen LogP) is -2.42. The second kappa shape index (κ2) is 11.6. The van der Waals surface area contributed by atoms with Crippen LogP contribution in [0.3, 0.4) is 0 Å². The average Bonchev–Trinajstić information content (AvgIpc) is 1.89. The van der Waals surface area contributed by atoms with Gasteiger partial charge in [0.25, 0.3) is 0 Å². The van der Waals surface area contributed by atoms with E-state index in [1.165, 1.54) is 0 Å². The second-order valence-corrected chi connectivity index (χ2v) is 2.57. The number of carboxylic acids is 1. The maximum atomic E-state index is 10.3. The monoisotopic (exact) mass is 298 g/mol. The van der Waals surface area contributed by atoms with Crippen molar-refractivity contribution in [2.24, 2.45) is 5.92 Å². The maximum Gasteiger partial charge on any atom is 2.00 e. The Labute approximate surface area is 97.5 Å². The van der Waals surface area contributed by atoms with E-state index in [1.807, 2.05) is 6.92 Å². The summed E-state index contributed by atoms with van der Waals surface area (Å²) in [6.45, 7) is 3.94. The fraction of sp³-hybridized carbons (Fsp3) is 0.875. The van der Waals surface area contributed by atoms with Gasteiger partial charge in [-0.3, -0.25) is 0 Å². The number of carbonyl (C=O) groups excluding carboxylic acids is 1. The minimum absolute atomic E-state index is 0. The Balaban J connectivity index is -0.000000405. The average molecular weight is 297 g/mol. The largest absolute Gasteiger partial charge is 2.00 e. The third-order valence-corrected chi connectivity index (χ3v) is 1.73. The minimum atomic E-state index is -0.893. The molecule has 0 fully saturated rings. The zero-order valence-corrected chi connectivity index (χ0v) is 11.2. The van der Waals surface area contributed by atoms with Crippen molar-refractivity contribution < 1.29 is 22.3 Å².